The summed E-state index contributed by atoms with van der Waals surface area (Å²) in [7, 11) is 6.64. The van der Waals surface area contributed by atoms with Crippen LogP contribution >= 0.6 is 46.4 Å². The van der Waals surface area contributed by atoms with E-state index in [2.05, 4.69) is 10.1 Å². The Hall–Kier alpha value is -2.56. The van der Waals surface area contributed by atoms with Gasteiger partial charge in [0.15, 0.2) is 0 Å². The van der Waals surface area contributed by atoms with Crippen molar-refractivity contribution < 1.29 is 19.2 Å². The second-order valence-corrected chi connectivity index (χ2v) is 14.2. The van der Waals surface area contributed by atoms with Crippen molar-refractivity contribution in [2.45, 2.75) is 50.5 Å². The molecule has 0 saturated carbocycles. The molecule has 2 aliphatic rings. The van der Waals surface area contributed by atoms with Crippen LogP contribution in [0.2, 0.25) is 20.1 Å². The summed E-state index contributed by atoms with van der Waals surface area (Å²) in [5.41, 5.74) is 1.94. The molecular weight excluding hydrogens is 684 g/mol. The quantitative estimate of drug-likeness (QED) is 0.179. The van der Waals surface area contributed by atoms with Crippen LogP contribution in [0.1, 0.15) is 60.4 Å². The summed E-state index contributed by atoms with van der Waals surface area (Å²) in [5.74, 6) is -0.600. The van der Waals surface area contributed by atoms with Gasteiger partial charge in [-0.1, -0.05) is 57.6 Å². The van der Waals surface area contributed by atoms with Crippen molar-refractivity contribution in [3.63, 3.8) is 0 Å². The molecule has 0 radical (unpaired) electrons. The van der Waals surface area contributed by atoms with Gasteiger partial charge in [-0.05, 0) is 74.5 Å². The van der Waals surface area contributed by atoms with E-state index in [1.165, 1.54) is 7.11 Å². The van der Waals surface area contributed by atoms with E-state index >= 15 is 0 Å². The van der Waals surface area contributed by atoms with Gasteiger partial charge in [0.1, 0.15) is 7.11 Å². The number of hydrogen-bond donors (Lipinski definition) is 0. The Bertz CT molecular complexity index is 1440. The number of rotatable bonds is 12. The summed E-state index contributed by atoms with van der Waals surface area (Å²) in [6, 6.07) is 10.4. The highest BCUT2D eigenvalue weighted by molar-refractivity contribution is 6.42. The normalized spacial score (nSPS) is 18.6. The third-order valence-electron chi connectivity index (χ3n) is 9.05. The molecular formula is C34H43Cl4N5O4. The van der Waals surface area contributed by atoms with Gasteiger partial charge in [-0.3, -0.25) is 14.4 Å². The predicted octanol–water partition coefficient (Wildman–Crippen LogP) is 6.73. The van der Waals surface area contributed by atoms with Gasteiger partial charge in [0.2, 0.25) is 11.8 Å². The van der Waals surface area contributed by atoms with E-state index in [0.29, 0.717) is 37.8 Å². The second kappa shape index (κ2) is 17.2. The second-order valence-electron chi connectivity index (χ2n) is 12.5. The third kappa shape index (κ3) is 9.98. The Morgan fingerprint density at radius 1 is 0.957 bits per heavy atom. The van der Waals surface area contributed by atoms with Crippen LogP contribution in [0.15, 0.2) is 41.6 Å². The van der Waals surface area contributed by atoms with Gasteiger partial charge in [0, 0.05) is 80.7 Å². The molecule has 0 N–H and O–H groups in total. The molecule has 0 spiro atoms. The first-order chi connectivity index (χ1) is 22.4. The molecule has 2 aromatic carbocycles. The maximum absolute atomic E-state index is 13.4. The van der Waals surface area contributed by atoms with E-state index < -0.39 is 0 Å². The highest BCUT2D eigenvalue weighted by Gasteiger charge is 2.36. The van der Waals surface area contributed by atoms with Crippen LogP contribution in [0.4, 0.5) is 0 Å². The number of halogens is 4. The molecule has 4 rings (SSSR count). The molecule has 2 aliphatic heterocycles. The largest absolute Gasteiger partial charge is 0.399 e. The van der Waals surface area contributed by atoms with Gasteiger partial charge in [0.05, 0.1) is 22.3 Å². The Morgan fingerprint density at radius 2 is 1.64 bits per heavy atom. The maximum Gasteiger partial charge on any atom is 0.254 e. The molecule has 2 fully saturated rings. The SMILES string of the molecule is CO/N=C(/CN(C)C(=O)c1cc(Cl)cc(Cl)c1)C(CCN1CCC(N2CCCC(CC(=O)N(C)C)C2=O)CC1)c1ccc(Cl)c(Cl)c1. The van der Waals surface area contributed by atoms with Crippen LogP contribution in [0.25, 0.3) is 0 Å². The van der Waals surface area contributed by atoms with Crippen molar-refractivity contribution in [2.24, 2.45) is 11.1 Å². The van der Waals surface area contributed by atoms with Gasteiger partial charge in [0.25, 0.3) is 5.91 Å². The van der Waals surface area contributed by atoms with E-state index in [1.54, 1.807) is 55.2 Å². The lowest BCUT2D eigenvalue weighted by molar-refractivity contribution is -0.146. The molecule has 0 aromatic heterocycles. The maximum atomic E-state index is 13.4. The molecule has 2 aromatic rings. The van der Waals surface area contributed by atoms with Gasteiger partial charge in [-0.2, -0.15) is 0 Å². The summed E-state index contributed by atoms with van der Waals surface area (Å²) in [4.78, 5) is 51.8. The molecule has 9 nitrogen and oxygen atoms in total. The number of oxime groups is 1. The van der Waals surface area contributed by atoms with Crippen molar-refractivity contribution in [3.8, 4) is 0 Å². The van der Waals surface area contributed by atoms with Crippen LogP contribution in [0.3, 0.4) is 0 Å². The van der Waals surface area contributed by atoms with E-state index in [4.69, 9.17) is 51.2 Å². The van der Waals surface area contributed by atoms with Gasteiger partial charge in [-0.25, -0.2) is 0 Å². The van der Waals surface area contributed by atoms with Gasteiger partial charge in [-0.15, -0.1) is 0 Å². The zero-order valence-corrected chi connectivity index (χ0v) is 30.4. The molecule has 2 saturated heterocycles. The van der Waals surface area contributed by atoms with Crippen molar-refractivity contribution >= 4 is 69.8 Å². The fraction of sp³-hybridized carbons (Fsp3) is 0.529. The Kier molecular flexibility index (Phi) is 13.6. The number of carbonyl (C=O) groups is 3. The van der Waals surface area contributed by atoms with Crippen molar-refractivity contribution in [3.05, 3.63) is 67.6 Å². The molecule has 0 aliphatic carbocycles. The van der Waals surface area contributed by atoms with Crippen LogP contribution in [-0.2, 0) is 14.4 Å². The van der Waals surface area contributed by atoms with Gasteiger partial charge >= 0.3 is 0 Å². The topological polar surface area (TPSA) is 85.8 Å². The molecule has 0 bridgehead atoms. The van der Waals surface area contributed by atoms with Crippen LogP contribution in [0, 0.1) is 5.92 Å². The van der Waals surface area contributed by atoms with Gasteiger partial charge < -0.3 is 24.4 Å². The Labute approximate surface area is 297 Å². The standard InChI is InChI=1S/C34H43Cl4N5O4/c1-40(2)32(44)19-23-6-5-12-43(34(23)46)27-9-13-42(14-10-27)15-11-28(22-7-8-29(37)30(38)18-22)31(39-47-4)21-41(3)33(45)24-16-25(35)20-26(36)17-24/h7-8,16-18,20,23,27-28H,5-6,9-15,19,21H2,1-4H3/b39-31-. The molecule has 2 atom stereocenters. The minimum absolute atomic E-state index is 0.00245. The average molecular weight is 728 g/mol. The zero-order chi connectivity index (χ0) is 34.2. The van der Waals surface area contributed by atoms with E-state index in [0.717, 1.165) is 57.4 Å². The molecule has 2 unspecified atom stereocenters. The third-order valence-corrected chi connectivity index (χ3v) is 10.2. The van der Waals surface area contributed by atoms with E-state index in [1.807, 2.05) is 17.0 Å². The lowest BCUT2D eigenvalue weighted by atomic mass is 9.89. The first-order valence-corrected chi connectivity index (χ1v) is 17.4. The van der Waals surface area contributed by atoms with Crippen LogP contribution < -0.4 is 0 Å². The number of likely N-dealkylation sites (tertiary alicyclic amines) is 2. The Morgan fingerprint density at radius 3 is 2.26 bits per heavy atom. The van der Waals surface area contributed by atoms with Crippen LogP contribution in [-0.4, -0.2) is 110 Å². The summed E-state index contributed by atoms with van der Waals surface area (Å²) in [6.07, 6.45) is 4.39. The first kappa shape index (κ1) is 37.3. The van der Waals surface area contributed by atoms with Crippen molar-refractivity contribution in [2.75, 3.05) is 61.0 Å². The number of carbonyl (C=O) groups excluding carboxylic acids is 3. The monoisotopic (exact) mass is 725 g/mol. The fourth-order valence-corrected chi connectivity index (χ4v) is 7.31. The highest BCUT2D eigenvalue weighted by Crippen LogP contribution is 2.32. The molecule has 47 heavy (non-hydrogen) atoms. The smallest absolute Gasteiger partial charge is 0.254 e. The number of hydrogen-bond acceptors (Lipinski definition) is 6. The Balaban J connectivity index is 1.44. The lowest BCUT2D eigenvalue weighted by Gasteiger charge is -2.42. The summed E-state index contributed by atoms with van der Waals surface area (Å²) < 4.78 is 0. The van der Waals surface area contributed by atoms with E-state index in [-0.39, 0.29) is 48.6 Å². The van der Waals surface area contributed by atoms with E-state index in [9.17, 15) is 14.4 Å². The first-order valence-electron chi connectivity index (χ1n) is 15.9. The molecule has 3 amide bonds. The lowest BCUT2D eigenvalue weighted by Crippen LogP contribution is -2.52. The van der Waals surface area contributed by atoms with Crippen molar-refractivity contribution in [1.82, 2.24) is 19.6 Å². The predicted molar refractivity (Wildman–Crippen MR) is 189 cm³/mol. The van der Waals surface area contributed by atoms with Crippen LogP contribution in [0.5, 0.6) is 0 Å². The highest BCUT2D eigenvalue weighted by atomic mass is 35.5. The average Bonchev–Trinajstić information content (AvgIpc) is 3.03. The summed E-state index contributed by atoms with van der Waals surface area (Å²) in [5, 5.41) is 6.03. The number of benzene rings is 2. The minimum atomic E-state index is -0.256. The molecule has 256 valence electrons. The number of amides is 3. The zero-order valence-electron chi connectivity index (χ0n) is 27.4. The fourth-order valence-electron chi connectivity index (χ4n) is 6.47. The molecule has 13 heteroatoms. The summed E-state index contributed by atoms with van der Waals surface area (Å²) >= 11 is 25.0. The number of piperidine rings is 2. The summed E-state index contributed by atoms with van der Waals surface area (Å²) in [6.45, 7) is 3.39. The van der Waals surface area contributed by atoms with Crippen molar-refractivity contribution in [1.29, 1.82) is 0 Å². The molecule has 2 heterocycles. The number of nitrogens with zero attached hydrogens (tertiary/aromatic N) is 5. The minimum Gasteiger partial charge on any atom is -0.399 e.